The molecule has 0 unspecified atom stereocenters. The van der Waals surface area contributed by atoms with Gasteiger partial charge in [0.15, 0.2) is 0 Å². The highest BCUT2D eigenvalue weighted by molar-refractivity contribution is 9.23. The summed E-state index contributed by atoms with van der Waals surface area (Å²) in [5, 5.41) is 0. The Morgan fingerprint density at radius 2 is 2.00 bits per heavy atom. The van der Waals surface area contributed by atoms with Crippen LogP contribution in [0.1, 0.15) is 6.92 Å². The van der Waals surface area contributed by atoms with Gasteiger partial charge in [-0.2, -0.15) is 3.70 Å². The molecule has 0 spiro atoms. The van der Waals surface area contributed by atoms with Gasteiger partial charge in [0, 0.05) is 0 Å². The SMILES string of the molecule is Br.C=[C](C)[Mg][Br]. The molecule has 0 N–H and O–H groups in total. The molecule has 0 aromatic rings. The Morgan fingerprint density at radius 1 is 1.83 bits per heavy atom. The first kappa shape index (κ1) is 10.4. The lowest BCUT2D eigenvalue weighted by Gasteiger charge is -1.74. The summed E-state index contributed by atoms with van der Waals surface area (Å²) in [5.74, 6) is 0. The van der Waals surface area contributed by atoms with Crippen molar-refractivity contribution in [3.05, 3.63) is 10.3 Å². The van der Waals surface area contributed by atoms with Crippen molar-refractivity contribution in [1.82, 2.24) is 0 Å². The van der Waals surface area contributed by atoms with Gasteiger partial charge in [0.1, 0.15) is 0 Å². The quantitative estimate of drug-likeness (QED) is 0.601. The second-order valence-corrected chi connectivity index (χ2v) is 4.25. The highest BCUT2D eigenvalue weighted by Gasteiger charge is 1.81. The molecule has 3 heteroatoms. The predicted molar refractivity (Wildman–Crippen MR) is 39.8 cm³/mol. The van der Waals surface area contributed by atoms with E-state index in [1.54, 1.807) is 0 Å². The van der Waals surface area contributed by atoms with Gasteiger partial charge < -0.3 is 0 Å². The lowest BCUT2D eigenvalue weighted by atomic mass is 10.7. The first-order valence-corrected chi connectivity index (χ1v) is 6.08. The predicted octanol–water partition coefficient (Wildman–Crippen LogP) is 2.11. The molecule has 0 radical (unpaired) electrons. The largest absolute Gasteiger partial charge is 0.500 e. The molecule has 0 heterocycles. The molecule has 0 aromatic heterocycles. The molecule has 0 fully saturated rings. The molecule has 0 aliphatic rings. The van der Waals surface area contributed by atoms with E-state index in [0.717, 1.165) is 0 Å². The third-order valence-electron chi connectivity index (χ3n) is 0.228. The van der Waals surface area contributed by atoms with Gasteiger partial charge in [-0.25, -0.2) is 0 Å². The van der Waals surface area contributed by atoms with Crippen LogP contribution in [0.5, 0.6) is 0 Å². The van der Waals surface area contributed by atoms with E-state index in [1.807, 2.05) is 6.92 Å². The van der Waals surface area contributed by atoms with Crippen LogP contribution in [-0.4, -0.2) is 18.2 Å². The van der Waals surface area contributed by atoms with Crippen molar-refractivity contribution < 1.29 is 0 Å². The average Bonchev–Trinajstić information content (AvgIpc) is 1.38. The second kappa shape index (κ2) is 6.47. The van der Waals surface area contributed by atoms with Crippen molar-refractivity contribution >= 4 is 48.1 Å². The Morgan fingerprint density at radius 3 is 2.00 bits per heavy atom. The van der Waals surface area contributed by atoms with Gasteiger partial charge in [-0.15, -0.1) is 23.6 Å². The zero-order valence-corrected chi connectivity index (χ0v) is 8.41. The van der Waals surface area contributed by atoms with E-state index in [1.165, 1.54) is 3.70 Å². The molecule has 0 aliphatic heterocycles. The third-order valence-corrected chi connectivity index (χ3v) is 3.56. The zero-order chi connectivity index (χ0) is 4.28. The third kappa shape index (κ3) is 9.08. The number of rotatable bonds is 1. The van der Waals surface area contributed by atoms with Crippen molar-refractivity contribution in [3.8, 4) is 0 Å². The van der Waals surface area contributed by atoms with Crippen LogP contribution < -0.4 is 0 Å². The molecule has 34 valence electrons. The van der Waals surface area contributed by atoms with E-state index in [9.17, 15) is 0 Å². The summed E-state index contributed by atoms with van der Waals surface area (Å²) in [6.07, 6.45) is 0. The molecule has 0 aliphatic carbocycles. The highest BCUT2D eigenvalue weighted by Crippen LogP contribution is 1.85. The Hall–Kier alpha value is 1.47. The lowest BCUT2D eigenvalue weighted by Crippen LogP contribution is -1.71. The van der Waals surface area contributed by atoms with Crippen LogP contribution in [0.3, 0.4) is 0 Å². The summed E-state index contributed by atoms with van der Waals surface area (Å²) in [6, 6.07) is 0. The van der Waals surface area contributed by atoms with Crippen LogP contribution in [0.2, 0.25) is 0 Å². The van der Waals surface area contributed by atoms with E-state index in [0.29, 0.717) is 0 Å². The summed E-state index contributed by atoms with van der Waals surface area (Å²) in [4.78, 5) is 0. The second-order valence-electron chi connectivity index (χ2n) is 1.09. The van der Waals surface area contributed by atoms with E-state index < -0.39 is 0 Å². The van der Waals surface area contributed by atoms with Crippen LogP contribution in [0.4, 0.5) is 0 Å². The van der Waals surface area contributed by atoms with Gasteiger partial charge in [0.05, 0.1) is 0 Å². The topological polar surface area (TPSA) is 0 Å². The number of halogens is 2. The Labute approximate surface area is 64.7 Å². The number of hydrogen-bond donors (Lipinski definition) is 0. The number of hydrogen-bond acceptors (Lipinski definition) is 0. The van der Waals surface area contributed by atoms with Gasteiger partial charge in [-0.1, -0.05) is 6.92 Å². The van der Waals surface area contributed by atoms with Crippen molar-refractivity contribution in [3.63, 3.8) is 0 Å². The van der Waals surface area contributed by atoms with E-state index in [2.05, 4.69) is 19.5 Å². The van der Waals surface area contributed by atoms with E-state index in [-0.39, 0.29) is 35.2 Å². The first-order chi connectivity index (χ1) is 2.27. The minimum absolute atomic E-state index is 0. The van der Waals surface area contributed by atoms with Crippen LogP contribution >= 0.6 is 29.9 Å². The molecule has 0 amide bonds. The Kier molecular flexibility index (Phi) is 11.3. The molecule has 0 nitrogen and oxygen atoms in total. The fourth-order valence-electron chi connectivity index (χ4n) is 0. The van der Waals surface area contributed by atoms with Crippen molar-refractivity contribution in [2.75, 3.05) is 0 Å². The Bertz CT molecular complexity index is 44.1. The van der Waals surface area contributed by atoms with E-state index in [4.69, 9.17) is 0 Å². The van der Waals surface area contributed by atoms with Crippen LogP contribution in [0.15, 0.2) is 10.3 Å². The minimum Gasteiger partial charge on any atom is -0.297 e. The Balaban J connectivity index is 0. The van der Waals surface area contributed by atoms with Gasteiger partial charge in [-0.05, 0) is 0 Å². The molecule has 0 saturated carbocycles. The molecule has 0 atom stereocenters. The van der Waals surface area contributed by atoms with Crippen LogP contribution in [0, 0.1) is 0 Å². The van der Waals surface area contributed by atoms with Gasteiger partial charge in [0.2, 0.25) is 0 Å². The first-order valence-electron chi connectivity index (χ1n) is 1.47. The minimum atomic E-state index is -0.0332. The maximum Gasteiger partial charge on any atom is 0.500 e. The normalized spacial score (nSPS) is 5.00. The van der Waals surface area contributed by atoms with Gasteiger partial charge in [-0.3, -0.25) is 12.9 Å². The molecule has 0 aromatic carbocycles. The summed E-state index contributed by atoms with van der Waals surface area (Å²) < 4.78 is 1.31. The van der Waals surface area contributed by atoms with Crippen molar-refractivity contribution in [1.29, 1.82) is 0 Å². The van der Waals surface area contributed by atoms with Crippen molar-refractivity contribution in [2.45, 2.75) is 6.92 Å². The summed E-state index contributed by atoms with van der Waals surface area (Å²) >= 11 is 3.32. The fraction of sp³-hybridized carbons (Fsp3) is 0.333. The molecule has 0 saturated heterocycles. The summed E-state index contributed by atoms with van der Waals surface area (Å²) in [6.45, 7) is 5.73. The van der Waals surface area contributed by atoms with Crippen LogP contribution in [0.25, 0.3) is 0 Å². The molecule has 0 bridgehead atoms. The average molecular weight is 226 g/mol. The standard InChI is InChI=1S/C3H5.2BrH.Mg/c1-3-2;;;/h1H2,2H3;2*1H;/q;;;+1/p-1. The highest BCUT2D eigenvalue weighted by atomic mass is 79.9. The van der Waals surface area contributed by atoms with Crippen LogP contribution in [-0.2, 0) is 0 Å². The van der Waals surface area contributed by atoms with E-state index >= 15 is 0 Å². The number of allylic oxidation sites excluding steroid dienone is 1. The van der Waals surface area contributed by atoms with Gasteiger partial charge >= 0.3 is 18.2 Å². The monoisotopic (exact) mass is 224 g/mol. The maximum absolute atomic E-state index is 3.69. The summed E-state index contributed by atoms with van der Waals surface area (Å²) in [7, 11) is 0. The molecule has 6 heavy (non-hydrogen) atoms. The maximum atomic E-state index is 3.69. The smallest absolute Gasteiger partial charge is 0.297 e. The zero-order valence-electron chi connectivity index (χ0n) is 3.70. The molecule has 0 rings (SSSR count). The fourth-order valence-corrected chi connectivity index (χ4v) is 0. The molecular formula is C3H6Br2Mg. The molecular weight excluding hydrogens is 220 g/mol. The summed E-state index contributed by atoms with van der Waals surface area (Å²) in [5.41, 5.74) is 0. The lowest BCUT2D eigenvalue weighted by molar-refractivity contribution is 1.71. The van der Waals surface area contributed by atoms with Gasteiger partial charge in [0.25, 0.3) is 0 Å². The van der Waals surface area contributed by atoms with Crippen molar-refractivity contribution in [2.24, 2.45) is 0 Å².